The number of nitriles is 1. The molecule has 0 aliphatic heterocycles. The van der Waals surface area contributed by atoms with Crippen LogP contribution >= 0.6 is 0 Å². The number of carbonyl (C=O) groups is 1. The van der Waals surface area contributed by atoms with Gasteiger partial charge in [0, 0.05) is 0 Å². The van der Waals surface area contributed by atoms with Crippen molar-refractivity contribution in [1.29, 1.82) is 5.26 Å². The summed E-state index contributed by atoms with van der Waals surface area (Å²) >= 11 is 0. The Morgan fingerprint density at radius 2 is 1.47 bits per heavy atom. The molecular weight excluding hydrogens is 370 g/mol. The van der Waals surface area contributed by atoms with Crippen LogP contribution < -0.4 is 0 Å². The van der Waals surface area contributed by atoms with Gasteiger partial charge in [0.1, 0.15) is 6.10 Å². The van der Waals surface area contributed by atoms with Crippen molar-refractivity contribution >= 4 is 5.97 Å². The van der Waals surface area contributed by atoms with E-state index in [0.29, 0.717) is 0 Å². The monoisotopic (exact) mass is 417 g/mol. The molecule has 2 saturated carbocycles. The first kappa shape index (κ1) is 25.2. The van der Waals surface area contributed by atoms with Gasteiger partial charge in [-0.25, -0.2) is 0 Å². The summed E-state index contributed by atoms with van der Waals surface area (Å²) < 4.78 is 5.93. The van der Waals surface area contributed by atoms with Crippen LogP contribution in [0.5, 0.6) is 0 Å². The van der Waals surface area contributed by atoms with Crippen molar-refractivity contribution in [2.45, 2.75) is 142 Å². The molecule has 0 spiro atoms. The van der Waals surface area contributed by atoms with Gasteiger partial charge in [-0.3, -0.25) is 4.79 Å². The second kappa shape index (κ2) is 14.1. The summed E-state index contributed by atoms with van der Waals surface area (Å²) in [6, 6.07) is 2.63. The highest BCUT2D eigenvalue weighted by molar-refractivity contribution is 5.72. The smallest absolute Gasteiger partial charge is 0.309 e. The minimum absolute atomic E-state index is 0.0240. The summed E-state index contributed by atoms with van der Waals surface area (Å²) in [4.78, 5) is 12.7. The average Bonchev–Trinajstić information content (AvgIpc) is 2.78. The first-order chi connectivity index (χ1) is 14.6. The summed E-state index contributed by atoms with van der Waals surface area (Å²) in [6.45, 7) is 4.50. The molecular formula is C27H47NO2. The minimum atomic E-state index is -0.182. The van der Waals surface area contributed by atoms with E-state index in [4.69, 9.17) is 4.74 Å². The van der Waals surface area contributed by atoms with Gasteiger partial charge in [-0.1, -0.05) is 78.1 Å². The summed E-state index contributed by atoms with van der Waals surface area (Å²) in [7, 11) is 0. The van der Waals surface area contributed by atoms with E-state index in [1.54, 1.807) is 0 Å². The Morgan fingerprint density at radius 1 is 0.867 bits per heavy atom. The van der Waals surface area contributed by atoms with Crippen molar-refractivity contribution in [3.8, 4) is 6.07 Å². The van der Waals surface area contributed by atoms with Crippen LogP contribution in [0.15, 0.2) is 0 Å². The standard InChI is InChI=1S/C27H47NO2/c1-3-5-7-9-11-19-27(22-28)20-17-24(18-21-27)26(29)30-25-15-13-23(14-16-25)12-10-8-6-4-2/h23-25H,3-21H2,1-2H3/t23-,24-,25-,27+. The van der Waals surface area contributed by atoms with E-state index in [9.17, 15) is 10.1 Å². The molecule has 0 unspecified atom stereocenters. The van der Waals surface area contributed by atoms with Crippen molar-refractivity contribution in [1.82, 2.24) is 0 Å². The number of carbonyl (C=O) groups excluding carboxylic acids is 1. The largest absolute Gasteiger partial charge is 0.462 e. The fourth-order valence-electron chi connectivity index (χ4n) is 5.55. The van der Waals surface area contributed by atoms with E-state index >= 15 is 0 Å². The van der Waals surface area contributed by atoms with Gasteiger partial charge in [0.2, 0.25) is 0 Å². The van der Waals surface area contributed by atoms with E-state index in [1.807, 2.05) is 0 Å². The van der Waals surface area contributed by atoms with Crippen molar-refractivity contribution in [3.05, 3.63) is 0 Å². The average molecular weight is 418 g/mol. The molecule has 0 N–H and O–H groups in total. The predicted molar refractivity (Wildman–Crippen MR) is 124 cm³/mol. The molecule has 3 heteroatoms. The van der Waals surface area contributed by atoms with Gasteiger partial charge in [0.25, 0.3) is 0 Å². The van der Waals surface area contributed by atoms with Crippen LogP contribution in [0.4, 0.5) is 0 Å². The zero-order chi connectivity index (χ0) is 21.7. The molecule has 3 nitrogen and oxygen atoms in total. The number of nitrogens with zero attached hydrogens (tertiary/aromatic N) is 1. The van der Waals surface area contributed by atoms with Crippen molar-refractivity contribution in [2.24, 2.45) is 17.3 Å². The van der Waals surface area contributed by atoms with Gasteiger partial charge in [-0.2, -0.15) is 5.26 Å². The molecule has 0 amide bonds. The Balaban J connectivity index is 1.64. The number of hydrogen-bond acceptors (Lipinski definition) is 3. The van der Waals surface area contributed by atoms with E-state index in [0.717, 1.165) is 57.3 Å². The topological polar surface area (TPSA) is 50.1 Å². The number of rotatable bonds is 13. The number of unbranched alkanes of at least 4 members (excludes halogenated alkanes) is 7. The Labute approximate surface area is 186 Å². The van der Waals surface area contributed by atoms with Crippen LogP contribution in [0.3, 0.4) is 0 Å². The molecule has 0 bridgehead atoms. The summed E-state index contributed by atoms with van der Waals surface area (Å²) in [5, 5.41) is 9.78. The van der Waals surface area contributed by atoms with Gasteiger partial charge < -0.3 is 4.74 Å². The molecule has 172 valence electrons. The lowest BCUT2D eigenvalue weighted by Crippen LogP contribution is -2.33. The number of ether oxygens (including phenoxy) is 1. The Bertz CT molecular complexity index is 507. The van der Waals surface area contributed by atoms with Gasteiger partial charge in [0.15, 0.2) is 0 Å². The molecule has 2 fully saturated rings. The quantitative estimate of drug-likeness (QED) is 0.224. The van der Waals surface area contributed by atoms with Gasteiger partial charge in [-0.15, -0.1) is 0 Å². The maximum Gasteiger partial charge on any atom is 0.309 e. The van der Waals surface area contributed by atoms with Crippen molar-refractivity contribution in [3.63, 3.8) is 0 Å². The second-order valence-corrected chi connectivity index (χ2v) is 10.3. The van der Waals surface area contributed by atoms with E-state index < -0.39 is 0 Å². The number of hydrogen-bond donors (Lipinski definition) is 0. The summed E-state index contributed by atoms with van der Waals surface area (Å²) in [5.41, 5.74) is -0.182. The lowest BCUT2D eigenvalue weighted by molar-refractivity contribution is -0.157. The molecule has 0 aromatic heterocycles. The molecule has 2 aliphatic carbocycles. The van der Waals surface area contributed by atoms with Gasteiger partial charge >= 0.3 is 5.97 Å². The number of esters is 1. The van der Waals surface area contributed by atoms with Crippen molar-refractivity contribution < 1.29 is 9.53 Å². The van der Waals surface area contributed by atoms with Crippen LogP contribution in [0.1, 0.15) is 136 Å². The van der Waals surface area contributed by atoms with Crippen LogP contribution in [0, 0.1) is 28.6 Å². The summed E-state index contributed by atoms with van der Waals surface area (Å²) in [5.74, 6) is 0.897. The van der Waals surface area contributed by atoms with Crippen LogP contribution in [0.2, 0.25) is 0 Å². The maximum atomic E-state index is 12.7. The second-order valence-electron chi connectivity index (χ2n) is 10.3. The highest BCUT2D eigenvalue weighted by Crippen LogP contribution is 2.43. The molecule has 0 saturated heterocycles. The highest BCUT2D eigenvalue weighted by atomic mass is 16.5. The SMILES string of the molecule is CCCCCCC[C@]1(C#N)CC[C@@H](C(=O)O[C@H]2CC[C@H](CCCCCC)CC2)CC1. The van der Waals surface area contributed by atoms with E-state index in [-0.39, 0.29) is 23.4 Å². The molecule has 0 aromatic rings. The van der Waals surface area contributed by atoms with Crippen LogP contribution in [-0.2, 0) is 9.53 Å². The third kappa shape index (κ3) is 8.60. The van der Waals surface area contributed by atoms with Crippen molar-refractivity contribution in [2.75, 3.05) is 0 Å². The maximum absolute atomic E-state index is 12.7. The lowest BCUT2D eigenvalue weighted by Gasteiger charge is -2.35. The molecule has 2 rings (SSSR count). The summed E-state index contributed by atoms with van der Waals surface area (Å²) in [6.07, 6.45) is 22.2. The molecule has 0 atom stereocenters. The zero-order valence-corrected chi connectivity index (χ0v) is 19.9. The third-order valence-corrected chi connectivity index (χ3v) is 7.81. The van der Waals surface area contributed by atoms with E-state index in [2.05, 4.69) is 19.9 Å². The molecule has 30 heavy (non-hydrogen) atoms. The van der Waals surface area contributed by atoms with Gasteiger partial charge in [-0.05, 0) is 63.7 Å². The minimum Gasteiger partial charge on any atom is -0.462 e. The fourth-order valence-corrected chi connectivity index (χ4v) is 5.55. The van der Waals surface area contributed by atoms with Crippen LogP contribution in [0.25, 0.3) is 0 Å². The molecule has 2 aliphatic rings. The Hall–Kier alpha value is -1.04. The van der Waals surface area contributed by atoms with E-state index in [1.165, 1.54) is 70.6 Å². The lowest BCUT2D eigenvalue weighted by atomic mass is 9.69. The Morgan fingerprint density at radius 3 is 2.07 bits per heavy atom. The molecule has 0 heterocycles. The molecule has 0 radical (unpaired) electrons. The Kier molecular flexibility index (Phi) is 11.9. The highest BCUT2D eigenvalue weighted by Gasteiger charge is 2.38. The molecule has 0 aromatic carbocycles. The first-order valence-corrected chi connectivity index (χ1v) is 13.2. The van der Waals surface area contributed by atoms with Crippen LogP contribution in [-0.4, -0.2) is 12.1 Å². The normalized spacial score (nSPS) is 29.3. The van der Waals surface area contributed by atoms with Gasteiger partial charge in [0.05, 0.1) is 17.4 Å². The fraction of sp³-hybridized carbons (Fsp3) is 0.926. The zero-order valence-electron chi connectivity index (χ0n) is 19.9. The first-order valence-electron chi connectivity index (χ1n) is 13.2. The predicted octanol–water partition coefficient (Wildman–Crippen LogP) is 8.12. The third-order valence-electron chi connectivity index (χ3n) is 7.81.